The van der Waals surface area contributed by atoms with Crippen LogP contribution in [0.15, 0.2) is 48.8 Å². The van der Waals surface area contributed by atoms with E-state index < -0.39 is 17.8 Å². The monoisotopic (exact) mass is 469 g/mol. The highest BCUT2D eigenvalue weighted by Gasteiger charge is 2.42. The van der Waals surface area contributed by atoms with E-state index in [9.17, 15) is 23.2 Å². The number of carbonyl (C=O) groups is 1. The molecule has 0 aliphatic rings. The number of pyridine rings is 2. The number of anilines is 2. The first-order chi connectivity index (χ1) is 16.1. The molecular weight excluding hydrogens is 449 g/mol. The summed E-state index contributed by atoms with van der Waals surface area (Å²) >= 11 is 0. The van der Waals surface area contributed by atoms with Crippen LogP contribution in [0.1, 0.15) is 27.3 Å². The predicted molar refractivity (Wildman–Crippen MR) is 119 cm³/mol. The van der Waals surface area contributed by atoms with Crippen molar-refractivity contribution in [3.8, 4) is 11.1 Å². The zero-order valence-corrected chi connectivity index (χ0v) is 18.4. The Morgan fingerprint density at radius 2 is 1.82 bits per heavy atom. The van der Waals surface area contributed by atoms with Crippen LogP contribution in [0, 0.1) is 13.8 Å². The molecule has 34 heavy (non-hydrogen) atoms. The zero-order valence-electron chi connectivity index (χ0n) is 18.4. The summed E-state index contributed by atoms with van der Waals surface area (Å²) in [7, 11) is 1.71. The molecule has 4 aromatic rings. The van der Waals surface area contributed by atoms with Crippen LogP contribution in [0.3, 0.4) is 0 Å². The summed E-state index contributed by atoms with van der Waals surface area (Å²) in [6, 6.07) is 8.76. The molecule has 0 bridgehead atoms. The van der Waals surface area contributed by atoms with Crippen molar-refractivity contribution in [2.75, 3.05) is 17.7 Å². The van der Waals surface area contributed by atoms with Crippen molar-refractivity contribution in [3.05, 3.63) is 71.3 Å². The average Bonchev–Trinajstić information content (AvgIpc) is 2.79. The molecule has 8 nitrogen and oxygen atoms in total. The summed E-state index contributed by atoms with van der Waals surface area (Å²) in [6.45, 7) is 3.74. The van der Waals surface area contributed by atoms with Crippen molar-refractivity contribution >= 4 is 28.6 Å². The number of nitrogens with zero attached hydrogens (tertiary/aromatic N) is 4. The van der Waals surface area contributed by atoms with Gasteiger partial charge in [-0.2, -0.15) is 18.2 Å². The first-order valence-electron chi connectivity index (χ1n) is 10.1. The van der Waals surface area contributed by atoms with Gasteiger partial charge in [0, 0.05) is 52.4 Å². The third kappa shape index (κ3) is 4.45. The number of benzene rings is 1. The topological polar surface area (TPSA) is 104 Å². The van der Waals surface area contributed by atoms with E-state index in [1.54, 1.807) is 31.4 Å². The first kappa shape index (κ1) is 22.9. The maximum atomic E-state index is 13.1. The Bertz CT molecular complexity index is 1420. The minimum Gasteiger partial charge on any atom is -0.357 e. The van der Waals surface area contributed by atoms with E-state index >= 15 is 0 Å². The van der Waals surface area contributed by atoms with Gasteiger partial charge < -0.3 is 10.6 Å². The normalized spacial score (nSPS) is 11.5. The molecule has 0 unspecified atom stereocenters. The van der Waals surface area contributed by atoms with Gasteiger partial charge in [-0.25, -0.2) is 9.97 Å². The molecular formula is C23H20F3N6O2+. The van der Waals surface area contributed by atoms with Gasteiger partial charge in [-0.1, -0.05) is 6.07 Å². The molecule has 1 aromatic carbocycles. The van der Waals surface area contributed by atoms with Gasteiger partial charge in [0.25, 0.3) is 5.91 Å². The van der Waals surface area contributed by atoms with Gasteiger partial charge in [-0.05, 0) is 43.2 Å². The summed E-state index contributed by atoms with van der Waals surface area (Å²) in [4.78, 5) is 25.8. The standard InChI is InChI=1S/C23H19F3N6O2/c1-12-4-5-16(30-21(33)14-6-7-32(34)19(9-14)23(24,25)26)10-17(12)18-8-15-11-28-22(27-3)31-20(15)29-13(18)2/h4-11H,1-3H3,(H2-,27,28,29,30,31,33,34)/p+1. The van der Waals surface area contributed by atoms with Crippen molar-refractivity contribution in [3.63, 3.8) is 0 Å². The Kier molecular flexibility index (Phi) is 5.78. The van der Waals surface area contributed by atoms with Crippen LogP contribution in [-0.2, 0) is 6.18 Å². The number of rotatable bonds is 4. The van der Waals surface area contributed by atoms with Crippen LogP contribution in [0.4, 0.5) is 24.8 Å². The molecule has 3 heterocycles. The van der Waals surface area contributed by atoms with Crippen molar-refractivity contribution in [2.45, 2.75) is 20.0 Å². The van der Waals surface area contributed by atoms with Crippen molar-refractivity contribution < 1.29 is 27.9 Å². The number of fused-ring (bicyclic) bond motifs is 1. The van der Waals surface area contributed by atoms with E-state index in [4.69, 9.17) is 0 Å². The third-order valence-electron chi connectivity index (χ3n) is 5.26. The molecule has 0 atom stereocenters. The van der Waals surface area contributed by atoms with E-state index in [-0.39, 0.29) is 10.3 Å². The fourth-order valence-electron chi connectivity index (χ4n) is 3.48. The lowest BCUT2D eigenvalue weighted by Gasteiger charge is -2.13. The van der Waals surface area contributed by atoms with E-state index in [2.05, 4.69) is 25.6 Å². The summed E-state index contributed by atoms with van der Waals surface area (Å²) in [5, 5.41) is 15.6. The molecule has 0 radical (unpaired) electrons. The zero-order chi connectivity index (χ0) is 24.6. The molecule has 3 N–H and O–H groups in total. The molecule has 4 rings (SSSR count). The minimum atomic E-state index is -4.82. The number of carbonyl (C=O) groups excluding carboxylic acids is 1. The molecule has 174 valence electrons. The van der Waals surface area contributed by atoms with E-state index in [0.717, 1.165) is 34.3 Å². The lowest BCUT2D eigenvalue weighted by Crippen LogP contribution is -2.39. The van der Waals surface area contributed by atoms with E-state index in [1.165, 1.54) is 0 Å². The largest absolute Gasteiger partial charge is 0.482 e. The van der Waals surface area contributed by atoms with Crippen molar-refractivity contribution in [1.29, 1.82) is 0 Å². The number of hydrogen-bond donors (Lipinski definition) is 3. The number of nitrogens with one attached hydrogen (secondary N) is 2. The van der Waals surface area contributed by atoms with Crippen LogP contribution < -0.4 is 15.4 Å². The fourth-order valence-corrected chi connectivity index (χ4v) is 3.48. The Morgan fingerprint density at radius 3 is 2.53 bits per heavy atom. The van der Waals surface area contributed by atoms with Gasteiger partial charge in [0.2, 0.25) is 12.1 Å². The molecule has 0 saturated heterocycles. The fraction of sp³-hybridized carbons (Fsp3) is 0.174. The van der Waals surface area contributed by atoms with Crippen molar-refractivity contribution in [2.24, 2.45) is 0 Å². The number of amides is 1. The molecule has 0 fully saturated rings. The summed E-state index contributed by atoms with van der Waals surface area (Å²) in [6.07, 6.45) is -2.39. The Morgan fingerprint density at radius 1 is 1.06 bits per heavy atom. The lowest BCUT2D eigenvalue weighted by atomic mass is 9.98. The molecule has 3 aromatic heterocycles. The maximum Gasteiger partial charge on any atom is 0.482 e. The van der Waals surface area contributed by atoms with E-state index in [1.807, 2.05) is 19.9 Å². The van der Waals surface area contributed by atoms with E-state index in [0.29, 0.717) is 29.0 Å². The van der Waals surface area contributed by atoms with Gasteiger partial charge in [0.05, 0.1) is 5.56 Å². The number of aryl methyl sites for hydroxylation is 2. The quantitative estimate of drug-likeness (QED) is 0.307. The first-order valence-corrected chi connectivity index (χ1v) is 10.1. The molecule has 0 spiro atoms. The second-order valence-corrected chi connectivity index (χ2v) is 7.60. The Hall–Kier alpha value is -4.28. The molecule has 11 heteroatoms. The SMILES string of the molecule is CNc1ncc2cc(-c3cc(NC(=O)c4cc[n+](O)c(C(F)(F)F)c4)ccc3C)c(C)nc2n1. The highest BCUT2D eigenvalue weighted by atomic mass is 19.4. The van der Waals surface area contributed by atoms with Gasteiger partial charge in [-0.3, -0.25) is 10.0 Å². The number of hydrogen-bond acceptors (Lipinski definition) is 6. The summed E-state index contributed by atoms with van der Waals surface area (Å²) in [5.41, 5.74) is 2.55. The Balaban J connectivity index is 1.68. The van der Waals surface area contributed by atoms with Crippen LogP contribution in [0.5, 0.6) is 0 Å². The third-order valence-corrected chi connectivity index (χ3v) is 5.26. The second-order valence-electron chi connectivity index (χ2n) is 7.60. The van der Waals surface area contributed by atoms with Gasteiger partial charge in [-0.15, -0.1) is 0 Å². The van der Waals surface area contributed by atoms with Crippen LogP contribution in [0.2, 0.25) is 0 Å². The molecule has 0 aliphatic heterocycles. The number of halogens is 3. The average molecular weight is 469 g/mol. The smallest absolute Gasteiger partial charge is 0.357 e. The molecule has 0 aliphatic carbocycles. The summed E-state index contributed by atoms with van der Waals surface area (Å²) in [5.74, 6) is -0.295. The molecule has 1 amide bonds. The Labute approximate surface area is 192 Å². The highest BCUT2D eigenvalue weighted by Crippen LogP contribution is 2.31. The van der Waals surface area contributed by atoms with Crippen LogP contribution in [0.25, 0.3) is 22.2 Å². The van der Waals surface area contributed by atoms with Gasteiger partial charge in [0.15, 0.2) is 5.65 Å². The van der Waals surface area contributed by atoms with Crippen molar-refractivity contribution in [1.82, 2.24) is 15.0 Å². The highest BCUT2D eigenvalue weighted by molar-refractivity contribution is 6.04. The lowest BCUT2D eigenvalue weighted by molar-refractivity contribution is -0.915. The predicted octanol–water partition coefficient (Wildman–Crippen LogP) is 4.15. The number of alkyl halides is 3. The summed E-state index contributed by atoms with van der Waals surface area (Å²) < 4.78 is 39.1. The van der Waals surface area contributed by atoms with Crippen LogP contribution >= 0.6 is 0 Å². The second kappa shape index (κ2) is 8.58. The van der Waals surface area contributed by atoms with Gasteiger partial charge in [0.1, 0.15) is 0 Å². The minimum absolute atomic E-state index is 0.0699. The maximum absolute atomic E-state index is 13.1. The number of aromatic nitrogens is 4. The van der Waals surface area contributed by atoms with Gasteiger partial charge >= 0.3 is 11.9 Å². The van der Waals surface area contributed by atoms with Crippen LogP contribution in [-0.4, -0.2) is 33.1 Å². The molecule has 0 saturated carbocycles.